The maximum atomic E-state index is 12.9. The van der Waals surface area contributed by atoms with Gasteiger partial charge in [0.1, 0.15) is 5.69 Å². The predicted octanol–water partition coefficient (Wildman–Crippen LogP) is 3.61. The van der Waals surface area contributed by atoms with Gasteiger partial charge in [-0.25, -0.2) is 0 Å². The molecule has 26 heavy (non-hydrogen) atoms. The Morgan fingerprint density at radius 1 is 1.12 bits per heavy atom. The van der Waals surface area contributed by atoms with Crippen molar-refractivity contribution in [2.24, 2.45) is 7.05 Å². The molecular weight excluding hydrogens is 328 g/mol. The number of aromatic nitrogens is 1. The van der Waals surface area contributed by atoms with E-state index in [1.165, 1.54) is 5.56 Å². The van der Waals surface area contributed by atoms with Crippen molar-refractivity contribution < 1.29 is 14.3 Å². The number of ether oxygens (including phenoxy) is 2. The van der Waals surface area contributed by atoms with Crippen molar-refractivity contribution in [2.75, 3.05) is 14.2 Å². The van der Waals surface area contributed by atoms with Crippen LogP contribution < -0.4 is 14.8 Å². The van der Waals surface area contributed by atoms with Gasteiger partial charge < -0.3 is 19.4 Å². The molecule has 2 aromatic carbocycles. The molecule has 0 unspecified atom stereocenters. The number of benzene rings is 2. The van der Waals surface area contributed by atoms with Crippen LogP contribution in [0.3, 0.4) is 0 Å². The molecule has 0 spiro atoms. The van der Waals surface area contributed by atoms with Crippen LogP contribution in [-0.4, -0.2) is 24.7 Å². The molecule has 1 aromatic heterocycles. The lowest BCUT2D eigenvalue weighted by molar-refractivity contribution is 0.0929. The van der Waals surface area contributed by atoms with E-state index in [0.29, 0.717) is 11.4 Å². The summed E-state index contributed by atoms with van der Waals surface area (Å²) in [5.41, 5.74) is 4.02. The van der Waals surface area contributed by atoms with Gasteiger partial charge in [0, 0.05) is 18.0 Å². The first-order chi connectivity index (χ1) is 12.6. The Morgan fingerprint density at radius 2 is 1.85 bits per heavy atom. The summed E-state index contributed by atoms with van der Waals surface area (Å²) in [6.07, 6.45) is 1.79. The van der Waals surface area contributed by atoms with Crippen LogP contribution >= 0.6 is 0 Å². The van der Waals surface area contributed by atoms with Crippen LogP contribution in [0.15, 0.2) is 42.5 Å². The van der Waals surface area contributed by atoms with Crippen LogP contribution in [-0.2, 0) is 13.5 Å². The van der Waals surface area contributed by atoms with Crippen LogP contribution in [0.5, 0.6) is 11.5 Å². The Balaban J connectivity index is 1.63. The number of fused-ring (bicyclic) bond motifs is 2. The summed E-state index contributed by atoms with van der Waals surface area (Å²) in [7, 11) is 5.19. The molecule has 5 heteroatoms. The number of carbonyl (C=O) groups excluding carboxylic acids is 1. The second-order valence-electron chi connectivity index (χ2n) is 6.62. The monoisotopic (exact) mass is 350 g/mol. The Kier molecular flexibility index (Phi) is 4.07. The third-order valence-corrected chi connectivity index (χ3v) is 5.21. The Morgan fingerprint density at radius 3 is 2.58 bits per heavy atom. The zero-order valence-corrected chi connectivity index (χ0v) is 15.2. The van der Waals surface area contributed by atoms with Gasteiger partial charge in [-0.3, -0.25) is 4.79 Å². The van der Waals surface area contributed by atoms with E-state index in [0.717, 1.165) is 35.1 Å². The summed E-state index contributed by atoms with van der Waals surface area (Å²) in [5, 5.41) is 4.25. The molecular formula is C21H22N2O3. The number of para-hydroxylation sites is 1. The third-order valence-electron chi connectivity index (χ3n) is 5.21. The lowest BCUT2D eigenvalue weighted by atomic mass is 10.1. The molecule has 1 aliphatic rings. The van der Waals surface area contributed by atoms with E-state index < -0.39 is 0 Å². The van der Waals surface area contributed by atoms with Gasteiger partial charge in [-0.2, -0.15) is 0 Å². The molecule has 0 saturated heterocycles. The number of methoxy groups -OCH3 is 2. The van der Waals surface area contributed by atoms with Crippen molar-refractivity contribution in [1.29, 1.82) is 0 Å². The second-order valence-corrected chi connectivity index (χ2v) is 6.62. The first-order valence-electron chi connectivity index (χ1n) is 8.72. The fourth-order valence-electron chi connectivity index (χ4n) is 3.82. The lowest BCUT2D eigenvalue weighted by Gasteiger charge is -2.16. The van der Waals surface area contributed by atoms with Gasteiger partial charge in [0.2, 0.25) is 0 Å². The Bertz CT molecular complexity index is 990. The highest BCUT2D eigenvalue weighted by Gasteiger charge is 2.27. The highest BCUT2D eigenvalue weighted by atomic mass is 16.5. The van der Waals surface area contributed by atoms with Gasteiger partial charge in [-0.05, 0) is 48.2 Å². The van der Waals surface area contributed by atoms with Crippen LogP contribution in [0.25, 0.3) is 10.9 Å². The normalized spacial score (nSPS) is 15.7. The number of amides is 1. The summed E-state index contributed by atoms with van der Waals surface area (Å²) >= 11 is 0. The maximum absolute atomic E-state index is 12.9. The minimum absolute atomic E-state index is 0.0182. The minimum atomic E-state index is -0.0589. The van der Waals surface area contributed by atoms with Crippen LogP contribution in [0.2, 0.25) is 0 Å². The Labute approximate surface area is 152 Å². The number of nitrogens with zero attached hydrogens (tertiary/aromatic N) is 1. The largest absolute Gasteiger partial charge is 0.493 e. The fraction of sp³-hybridized carbons (Fsp3) is 0.286. The maximum Gasteiger partial charge on any atom is 0.268 e. The van der Waals surface area contributed by atoms with E-state index in [9.17, 15) is 4.79 Å². The SMILES string of the molecule is COc1cc2c(cc1OC)[C@H](NC(=O)c1cc3ccccc3n1C)CC2. The van der Waals surface area contributed by atoms with Gasteiger partial charge in [-0.15, -0.1) is 0 Å². The molecule has 5 nitrogen and oxygen atoms in total. The summed E-state index contributed by atoms with van der Waals surface area (Å²) < 4.78 is 12.7. The number of nitrogens with one attached hydrogen (secondary N) is 1. The standard InChI is InChI=1S/C21H22N2O3/c1-23-17-7-5-4-6-14(17)10-18(23)21(24)22-16-9-8-13-11-19(25-2)20(26-3)12-15(13)16/h4-7,10-12,16H,8-9H2,1-3H3,(H,22,24)/t16-/m1/s1. The van der Waals surface area contributed by atoms with Crippen molar-refractivity contribution in [2.45, 2.75) is 18.9 Å². The molecule has 1 amide bonds. The number of hydrogen-bond acceptors (Lipinski definition) is 3. The molecule has 0 fully saturated rings. The highest BCUT2D eigenvalue weighted by Crippen LogP contribution is 2.39. The van der Waals surface area contributed by atoms with E-state index >= 15 is 0 Å². The van der Waals surface area contributed by atoms with Gasteiger partial charge in [0.05, 0.1) is 20.3 Å². The summed E-state index contributed by atoms with van der Waals surface area (Å²) in [6, 6.07) is 13.9. The molecule has 0 aliphatic heterocycles. The zero-order chi connectivity index (χ0) is 18.3. The number of aryl methyl sites for hydroxylation is 2. The average Bonchev–Trinajstić information content (AvgIpc) is 3.21. The van der Waals surface area contributed by atoms with Crippen molar-refractivity contribution >= 4 is 16.8 Å². The minimum Gasteiger partial charge on any atom is -0.493 e. The van der Waals surface area contributed by atoms with Gasteiger partial charge >= 0.3 is 0 Å². The quantitative estimate of drug-likeness (QED) is 0.782. The van der Waals surface area contributed by atoms with E-state index in [-0.39, 0.29) is 11.9 Å². The lowest BCUT2D eigenvalue weighted by Crippen LogP contribution is -2.28. The number of hydrogen-bond donors (Lipinski definition) is 1. The highest BCUT2D eigenvalue weighted by molar-refractivity contribution is 5.99. The van der Waals surface area contributed by atoms with E-state index in [2.05, 4.69) is 5.32 Å². The molecule has 0 bridgehead atoms. The van der Waals surface area contributed by atoms with Gasteiger partial charge in [-0.1, -0.05) is 18.2 Å². The molecule has 4 rings (SSSR count). The van der Waals surface area contributed by atoms with Crippen molar-refractivity contribution in [1.82, 2.24) is 9.88 Å². The van der Waals surface area contributed by atoms with Gasteiger partial charge in [0.25, 0.3) is 5.91 Å². The number of rotatable bonds is 4. The predicted molar refractivity (Wildman–Crippen MR) is 101 cm³/mol. The third kappa shape index (κ3) is 2.60. The summed E-state index contributed by atoms with van der Waals surface area (Å²) in [6.45, 7) is 0. The molecule has 0 saturated carbocycles. The second kappa shape index (κ2) is 6.41. The van der Waals surface area contributed by atoms with Crippen molar-refractivity contribution in [3.05, 3.63) is 59.3 Å². The van der Waals surface area contributed by atoms with Gasteiger partial charge in [0.15, 0.2) is 11.5 Å². The number of carbonyl (C=O) groups is 1. The van der Waals surface area contributed by atoms with E-state index in [1.807, 2.05) is 54.1 Å². The van der Waals surface area contributed by atoms with Crippen LogP contribution in [0, 0.1) is 0 Å². The molecule has 1 N–H and O–H groups in total. The van der Waals surface area contributed by atoms with Crippen LogP contribution in [0.1, 0.15) is 34.1 Å². The smallest absolute Gasteiger partial charge is 0.268 e. The average molecular weight is 350 g/mol. The van der Waals surface area contributed by atoms with Crippen molar-refractivity contribution in [3.63, 3.8) is 0 Å². The molecule has 0 radical (unpaired) electrons. The van der Waals surface area contributed by atoms with Crippen LogP contribution in [0.4, 0.5) is 0 Å². The first kappa shape index (κ1) is 16.5. The van der Waals surface area contributed by atoms with Crippen molar-refractivity contribution in [3.8, 4) is 11.5 Å². The molecule has 1 aliphatic carbocycles. The zero-order valence-electron chi connectivity index (χ0n) is 15.2. The van der Waals surface area contributed by atoms with E-state index in [1.54, 1.807) is 14.2 Å². The molecule has 1 atom stereocenters. The molecule has 3 aromatic rings. The molecule has 1 heterocycles. The first-order valence-corrected chi connectivity index (χ1v) is 8.72. The summed E-state index contributed by atoms with van der Waals surface area (Å²) in [4.78, 5) is 12.9. The Hall–Kier alpha value is -2.95. The fourth-order valence-corrected chi connectivity index (χ4v) is 3.82. The van der Waals surface area contributed by atoms with E-state index in [4.69, 9.17) is 9.47 Å². The molecule has 134 valence electrons. The topological polar surface area (TPSA) is 52.5 Å². The summed E-state index contributed by atoms with van der Waals surface area (Å²) in [5.74, 6) is 1.36.